The number of ether oxygens (including phenoxy) is 2. The molecule has 2 aromatic heterocycles. The van der Waals surface area contributed by atoms with E-state index < -0.39 is 16.1 Å². The number of aromatic nitrogens is 3. The summed E-state index contributed by atoms with van der Waals surface area (Å²) in [5, 5.41) is 17.0. The van der Waals surface area contributed by atoms with Crippen molar-refractivity contribution in [2.24, 2.45) is 5.92 Å². The zero-order chi connectivity index (χ0) is 28.2. The van der Waals surface area contributed by atoms with Crippen molar-refractivity contribution in [3.05, 3.63) is 41.3 Å². The van der Waals surface area contributed by atoms with Gasteiger partial charge in [-0.05, 0) is 58.7 Å². The van der Waals surface area contributed by atoms with Crippen LogP contribution in [0, 0.1) is 26.7 Å². The predicted molar refractivity (Wildman–Crippen MR) is 147 cm³/mol. The van der Waals surface area contributed by atoms with E-state index in [1.165, 1.54) is 10.6 Å². The van der Waals surface area contributed by atoms with E-state index in [4.69, 9.17) is 24.0 Å². The van der Waals surface area contributed by atoms with Gasteiger partial charge >= 0.3 is 0 Å². The monoisotopic (exact) mass is 559 g/mol. The van der Waals surface area contributed by atoms with Gasteiger partial charge in [0.1, 0.15) is 24.2 Å². The molecule has 0 spiro atoms. The highest BCUT2D eigenvalue weighted by atomic mass is 32.2. The molecule has 212 valence electrons. The van der Waals surface area contributed by atoms with Crippen LogP contribution in [0.4, 0.5) is 0 Å². The van der Waals surface area contributed by atoms with E-state index in [1.807, 2.05) is 45.0 Å². The summed E-state index contributed by atoms with van der Waals surface area (Å²) in [5.74, 6) is 2.36. The van der Waals surface area contributed by atoms with Crippen LogP contribution in [0.3, 0.4) is 0 Å². The molecule has 11 nitrogen and oxygen atoms in total. The first-order chi connectivity index (χ1) is 18.6. The van der Waals surface area contributed by atoms with Crippen LogP contribution in [0.15, 0.2) is 28.8 Å². The first-order valence-electron chi connectivity index (χ1n) is 13.0. The summed E-state index contributed by atoms with van der Waals surface area (Å²) in [7, 11) is -1.41. The number of aliphatic hydroxyl groups is 1. The summed E-state index contributed by atoms with van der Waals surface area (Å²) >= 11 is 0. The van der Waals surface area contributed by atoms with Gasteiger partial charge in [0, 0.05) is 30.8 Å². The van der Waals surface area contributed by atoms with Crippen molar-refractivity contribution in [2.45, 2.75) is 39.7 Å². The Labute approximate surface area is 229 Å². The van der Waals surface area contributed by atoms with Gasteiger partial charge in [0.05, 0.1) is 29.8 Å². The SMILES string of the molecule is CNCC(O)COc1cccc(-c2nc(OCC3CCN(S(C)(=O)=O)CC3)c(C)c(-c3c(C)noc3C)n2)c1. The lowest BCUT2D eigenvalue weighted by Crippen LogP contribution is -2.39. The average molecular weight is 560 g/mol. The summed E-state index contributed by atoms with van der Waals surface area (Å²) in [5.41, 5.74) is 3.69. The first-order valence-corrected chi connectivity index (χ1v) is 14.9. The molecule has 1 saturated heterocycles. The maximum absolute atomic E-state index is 11.9. The average Bonchev–Trinajstić information content (AvgIpc) is 3.24. The third-order valence-electron chi connectivity index (χ3n) is 6.84. The van der Waals surface area contributed by atoms with Crippen molar-refractivity contribution >= 4 is 10.0 Å². The molecule has 12 heteroatoms. The topological polar surface area (TPSA) is 140 Å². The van der Waals surface area contributed by atoms with Gasteiger partial charge in [0.15, 0.2) is 5.82 Å². The van der Waals surface area contributed by atoms with Crippen molar-refractivity contribution in [3.63, 3.8) is 0 Å². The maximum Gasteiger partial charge on any atom is 0.220 e. The van der Waals surface area contributed by atoms with Gasteiger partial charge < -0.3 is 24.4 Å². The zero-order valence-electron chi connectivity index (χ0n) is 23.1. The number of hydrogen-bond acceptors (Lipinski definition) is 10. The molecule has 1 fully saturated rings. The third kappa shape index (κ3) is 7.13. The molecular formula is C27H37N5O6S. The number of rotatable bonds is 11. The molecular weight excluding hydrogens is 522 g/mol. The highest BCUT2D eigenvalue weighted by molar-refractivity contribution is 7.88. The lowest BCUT2D eigenvalue weighted by atomic mass is 9.99. The maximum atomic E-state index is 11.9. The Morgan fingerprint density at radius 2 is 1.92 bits per heavy atom. The molecule has 0 radical (unpaired) electrons. The Hall–Kier alpha value is -3.06. The quantitative estimate of drug-likeness (QED) is 0.360. The van der Waals surface area contributed by atoms with E-state index in [-0.39, 0.29) is 12.5 Å². The summed E-state index contributed by atoms with van der Waals surface area (Å²) in [4.78, 5) is 9.66. The lowest BCUT2D eigenvalue weighted by molar-refractivity contribution is 0.108. The summed E-state index contributed by atoms with van der Waals surface area (Å²) in [6.07, 6.45) is 2.06. The number of nitrogens with one attached hydrogen (secondary N) is 1. The van der Waals surface area contributed by atoms with Crippen LogP contribution in [-0.4, -0.2) is 85.2 Å². The fourth-order valence-corrected chi connectivity index (χ4v) is 5.52. The Morgan fingerprint density at radius 1 is 1.18 bits per heavy atom. The zero-order valence-corrected chi connectivity index (χ0v) is 23.9. The smallest absolute Gasteiger partial charge is 0.220 e. The number of piperidine rings is 1. The van der Waals surface area contributed by atoms with Crippen LogP contribution in [0.1, 0.15) is 29.9 Å². The third-order valence-corrected chi connectivity index (χ3v) is 8.15. The molecule has 1 aliphatic rings. The normalized spacial score (nSPS) is 15.8. The van der Waals surface area contributed by atoms with Gasteiger partial charge in [-0.1, -0.05) is 17.3 Å². The fraction of sp³-hybridized carbons (Fsp3) is 0.519. The number of likely N-dealkylation sites (N-methyl/N-ethyl adjacent to an activating group) is 1. The Bertz CT molecular complexity index is 1370. The van der Waals surface area contributed by atoms with Crippen LogP contribution >= 0.6 is 0 Å². The number of sulfonamides is 1. The molecule has 3 aromatic rings. The van der Waals surface area contributed by atoms with Gasteiger partial charge in [-0.2, -0.15) is 4.98 Å². The second kappa shape index (κ2) is 12.4. The largest absolute Gasteiger partial charge is 0.491 e. The molecule has 1 aromatic carbocycles. The van der Waals surface area contributed by atoms with Crippen molar-refractivity contribution in [1.82, 2.24) is 24.7 Å². The predicted octanol–water partition coefficient (Wildman–Crippen LogP) is 2.73. The summed E-state index contributed by atoms with van der Waals surface area (Å²) in [6, 6.07) is 7.39. The molecule has 1 atom stereocenters. The second-order valence-electron chi connectivity index (χ2n) is 9.99. The molecule has 0 amide bonds. The van der Waals surface area contributed by atoms with E-state index in [2.05, 4.69) is 10.5 Å². The molecule has 2 N–H and O–H groups in total. The summed E-state index contributed by atoms with van der Waals surface area (Å²) < 4.78 is 42.7. The van der Waals surface area contributed by atoms with Crippen molar-refractivity contribution in [2.75, 3.05) is 46.2 Å². The Kier molecular flexibility index (Phi) is 9.21. The van der Waals surface area contributed by atoms with Gasteiger partial charge in [0.25, 0.3) is 0 Å². The molecule has 0 saturated carbocycles. The Morgan fingerprint density at radius 3 is 2.56 bits per heavy atom. The minimum absolute atomic E-state index is 0.149. The number of aliphatic hydroxyl groups excluding tert-OH is 1. The Balaban J connectivity index is 1.61. The van der Waals surface area contributed by atoms with Crippen LogP contribution in [0.5, 0.6) is 11.6 Å². The van der Waals surface area contributed by atoms with E-state index in [9.17, 15) is 13.5 Å². The van der Waals surface area contributed by atoms with Gasteiger partial charge in [-0.25, -0.2) is 17.7 Å². The molecule has 39 heavy (non-hydrogen) atoms. The van der Waals surface area contributed by atoms with E-state index in [0.717, 1.165) is 35.2 Å². The molecule has 4 rings (SSSR count). The minimum Gasteiger partial charge on any atom is -0.491 e. The molecule has 3 heterocycles. The van der Waals surface area contributed by atoms with Crippen LogP contribution < -0.4 is 14.8 Å². The van der Waals surface area contributed by atoms with Crippen molar-refractivity contribution < 1.29 is 27.5 Å². The fourth-order valence-electron chi connectivity index (χ4n) is 4.65. The molecule has 0 aliphatic carbocycles. The second-order valence-corrected chi connectivity index (χ2v) is 12.0. The van der Waals surface area contributed by atoms with Crippen LogP contribution in [0.2, 0.25) is 0 Å². The standard InChI is InChI=1S/C27H37N5O6S/c1-17-25(24-18(2)31-38-19(24)3)29-26(21-7-6-8-23(13-21)36-16-22(33)14-28-4)30-27(17)37-15-20-9-11-32(12-10-20)39(5,34)35/h6-8,13,20,22,28,33H,9-12,14-16H2,1-5H3. The van der Waals surface area contributed by atoms with Crippen molar-refractivity contribution in [1.29, 1.82) is 0 Å². The van der Waals surface area contributed by atoms with Gasteiger partial charge in [-0.3, -0.25) is 0 Å². The minimum atomic E-state index is -3.18. The lowest BCUT2D eigenvalue weighted by Gasteiger charge is -2.30. The molecule has 1 aliphatic heterocycles. The number of benzene rings is 1. The first kappa shape index (κ1) is 28.9. The number of hydrogen-bond donors (Lipinski definition) is 2. The van der Waals surface area contributed by atoms with Crippen LogP contribution in [0.25, 0.3) is 22.6 Å². The van der Waals surface area contributed by atoms with Crippen molar-refractivity contribution in [3.8, 4) is 34.3 Å². The highest BCUT2D eigenvalue weighted by Crippen LogP contribution is 2.35. The van der Waals surface area contributed by atoms with E-state index >= 15 is 0 Å². The van der Waals surface area contributed by atoms with Gasteiger partial charge in [0.2, 0.25) is 15.9 Å². The molecule has 1 unspecified atom stereocenters. The van der Waals surface area contributed by atoms with E-state index in [1.54, 1.807) is 7.05 Å². The van der Waals surface area contributed by atoms with E-state index in [0.29, 0.717) is 55.1 Å². The summed E-state index contributed by atoms with van der Waals surface area (Å²) in [6.45, 7) is 7.59. The van der Waals surface area contributed by atoms with Gasteiger partial charge in [-0.15, -0.1) is 0 Å². The number of aryl methyl sites for hydroxylation is 2. The highest BCUT2D eigenvalue weighted by Gasteiger charge is 2.26. The molecule has 0 bridgehead atoms. The number of nitrogens with zero attached hydrogens (tertiary/aromatic N) is 4. The van der Waals surface area contributed by atoms with Crippen LogP contribution in [-0.2, 0) is 10.0 Å².